The topological polar surface area (TPSA) is 36.8 Å². The van der Waals surface area contributed by atoms with Crippen LogP contribution in [0.5, 0.6) is 0 Å². The van der Waals surface area contributed by atoms with Gasteiger partial charge in [-0.15, -0.1) is 0 Å². The SMILES string of the molecule is ClC1=NC(c2ccccc2)=NC(c2ccccc2)N1. The first-order valence-electron chi connectivity index (χ1n) is 6.02. The number of nitrogens with zero attached hydrogens (tertiary/aromatic N) is 2. The Morgan fingerprint density at radius 1 is 0.895 bits per heavy atom. The number of aliphatic imine (C=N–C) groups is 2. The molecule has 1 atom stereocenters. The third-order valence-corrected chi connectivity index (χ3v) is 3.05. The van der Waals surface area contributed by atoms with Crippen LogP contribution in [0.25, 0.3) is 0 Å². The number of halogens is 1. The second kappa shape index (κ2) is 5.24. The standard InChI is InChI=1S/C15H12ClN3/c16-15-18-13(11-7-3-1-4-8-11)17-14(19-15)12-9-5-2-6-10-12/h1-10,13H,(H,17,18,19). The first-order chi connectivity index (χ1) is 9.33. The molecule has 0 spiro atoms. The van der Waals surface area contributed by atoms with Crippen LogP contribution in [0.15, 0.2) is 70.6 Å². The Bertz CT molecular complexity index is 620. The maximum atomic E-state index is 6.06. The van der Waals surface area contributed by atoms with E-state index < -0.39 is 0 Å². The van der Waals surface area contributed by atoms with Gasteiger partial charge < -0.3 is 5.32 Å². The molecule has 0 bridgehead atoms. The van der Waals surface area contributed by atoms with Gasteiger partial charge in [-0.25, -0.2) is 9.98 Å². The highest BCUT2D eigenvalue weighted by Gasteiger charge is 2.17. The molecule has 3 nitrogen and oxygen atoms in total. The van der Waals surface area contributed by atoms with Gasteiger partial charge in [0.15, 0.2) is 11.1 Å². The summed E-state index contributed by atoms with van der Waals surface area (Å²) in [4.78, 5) is 8.86. The molecule has 94 valence electrons. The van der Waals surface area contributed by atoms with Crippen LogP contribution in [0.2, 0.25) is 0 Å². The Kier molecular flexibility index (Phi) is 3.29. The van der Waals surface area contributed by atoms with Crippen molar-refractivity contribution in [3.63, 3.8) is 0 Å². The zero-order chi connectivity index (χ0) is 13.1. The van der Waals surface area contributed by atoms with Gasteiger partial charge in [0.1, 0.15) is 6.17 Å². The van der Waals surface area contributed by atoms with Crippen molar-refractivity contribution in [2.75, 3.05) is 0 Å². The minimum absolute atomic E-state index is 0.193. The molecule has 0 fully saturated rings. The second-order valence-electron chi connectivity index (χ2n) is 4.18. The average molecular weight is 270 g/mol. The fourth-order valence-corrected chi connectivity index (χ4v) is 2.12. The smallest absolute Gasteiger partial charge is 0.199 e. The minimum Gasteiger partial charge on any atom is -0.335 e. The van der Waals surface area contributed by atoms with Gasteiger partial charge in [-0.1, -0.05) is 60.7 Å². The molecule has 0 saturated heterocycles. The number of hydrogen-bond donors (Lipinski definition) is 1. The van der Waals surface area contributed by atoms with Gasteiger partial charge in [-0.2, -0.15) is 0 Å². The van der Waals surface area contributed by atoms with Gasteiger partial charge in [-0.3, -0.25) is 0 Å². The Labute approximate surface area is 116 Å². The zero-order valence-electron chi connectivity index (χ0n) is 10.1. The molecule has 4 heteroatoms. The number of rotatable bonds is 2. The predicted octanol–water partition coefficient (Wildman–Crippen LogP) is 3.33. The molecule has 1 aliphatic rings. The first-order valence-corrected chi connectivity index (χ1v) is 6.39. The van der Waals surface area contributed by atoms with Crippen molar-refractivity contribution in [2.45, 2.75) is 6.17 Å². The van der Waals surface area contributed by atoms with E-state index >= 15 is 0 Å². The lowest BCUT2D eigenvalue weighted by Gasteiger charge is -2.20. The van der Waals surface area contributed by atoms with Gasteiger partial charge in [0.05, 0.1) is 0 Å². The van der Waals surface area contributed by atoms with Crippen LogP contribution >= 0.6 is 11.6 Å². The van der Waals surface area contributed by atoms with E-state index in [0.29, 0.717) is 11.1 Å². The maximum absolute atomic E-state index is 6.06. The van der Waals surface area contributed by atoms with Crippen molar-refractivity contribution in [3.8, 4) is 0 Å². The Hall–Kier alpha value is -2.13. The number of nitrogens with one attached hydrogen (secondary N) is 1. The van der Waals surface area contributed by atoms with Gasteiger partial charge >= 0.3 is 0 Å². The lowest BCUT2D eigenvalue weighted by atomic mass is 10.1. The maximum Gasteiger partial charge on any atom is 0.199 e. The summed E-state index contributed by atoms with van der Waals surface area (Å²) in [5.41, 5.74) is 2.02. The fraction of sp³-hybridized carbons (Fsp3) is 0.0667. The zero-order valence-corrected chi connectivity index (χ0v) is 10.9. The summed E-state index contributed by atoms with van der Waals surface area (Å²) in [6, 6.07) is 19.8. The third-order valence-electron chi connectivity index (χ3n) is 2.86. The summed E-state index contributed by atoms with van der Waals surface area (Å²) in [5.74, 6) is 0.651. The molecule has 2 aromatic carbocycles. The third kappa shape index (κ3) is 2.66. The molecular weight excluding hydrogens is 258 g/mol. The molecule has 0 radical (unpaired) electrons. The second-order valence-corrected chi connectivity index (χ2v) is 4.54. The number of benzene rings is 2. The van der Waals surface area contributed by atoms with E-state index in [1.54, 1.807) is 0 Å². The molecule has 0 saturated carbocycles. The molecule has 1 aliphatic heterocycles. The van der Waals surface area contributed by atoms with E-state index in [1.807, 2.05) is 60.7 Å². The summed E-state index contributed by atoms with van der Waals surface area (Å²) in [5, 5.41) is 3.42. The monoisotopic (exact) mass is 269 g/mol. The van der Waals surface area contributed by atoms with Crippen LogP contribution in [0, 0.1) is 0 Å². The minimum atomic E-state index is -0.193. The molecule has 1 heterocycles. The van der Waals surface area contributed by atoms with Crippen molar-refractivity contribution >= 4 is 22.7 Å². The lowest BCUT2D eigenvalue weighted by Crippen LogP contribution is -2.29. The lowest BCUT2D eigenvalue weighted by molar-refractivity contribution is 0.680. The predicted molar refractivity (Wildman–Crippen MR) is 78.6 cm³/mol. The molecule has 0 amide bonds. The van der Waals surface area contributed by atoms with Crippen molar-refractivity contribution in [3.05, 3.63) is 71.8 Å². The van der Waals surface area contributed by atoms with Crippen molar-refractivity contribution in [2.24, 2.45) is 9.98 Å². The van der Waals surface area contributed by atoms with Crippen molar-refractivity contribution in [1.82, 2.24) is 5.32 Å². The van der Waals surface area contributed by atoms with Gasteiger partial charge in [0.25, 0.3) is 0 Å². The Morgan fingerprint density at radius 3 is 2.21 bits per heavy atom. The quantitative estimate of drug-likeness (QED) is 0.834. The molecule has 3 rings (SSSR count). The van der Waals surface area contributed by atoms with Crippen LogP contribution < -0.4 is 5.32 Å². The molecule has 1 N–H and O–H groups in total. The van der Waals surface area contributed by atoms with Crippen molar-refractivity contribution in [1.29, 1.82) is 0 Å². The number of hydrogen-bond acceptors (Lipinski definition) is 3. The van der Waals surface area contributed by atoms with E-state index in [9.17, 15) is 0 Å². The summed E-state index contributed by atoms with van der Waals surface area (Å²) >= 11 is 6.06. The normalized spacial score (nSPS) is 18.3. The van der Waals surface area contributed by atoms with E-state index in [0.717, 1.165) is 11.1 Å². The molecule has 19 heavy (non-hydrogen) atoms. The summed E-state index contributed by atoms with van der Waals surface area (Å²) < 4.78 is 0. The highest BCUT2D eigenvalue weighted by molar-refractivity contribution is 6.65. The molecule has 0 aliphatic carbocycles. The van der Waals surface area contributed by atoms with Crippen LogP contribution in [-0.4, -0.2) is 11.1 Å². The van der Waals surface area contributed by atoms with Crippen LogP contribution in [0.4, 0.5) is 0 Å². The van der Waals surface area contributed by atoms with E-state index in [2.05, 4.69) is 15.3 Å². The Morgan fingerprint density at radius 2 is 1.53 bits per heavy atom. The van der Waals surface area contributed by atoms with E-state index in [-0.39, 0.29) is 6.17 Å². The molecule has 0 aromatic heterocycles. The number of amidine groups is 2. The van der Waals surface area contributed by atoms with Crippen molar-refractivity contribution < 1.29 is 0 Å². The van der Waals surface area contributed by atoms with E-state index in [1.165, 1.54) is 0 Å². The summed E-state index contributed by atoms with van der Waals surface area (Å²) in [6.07, 6.45) is -0.193. The largest absolute Gasteiger partial charge is 0.335 e. The van der Waals surface area contributed by atoms with E-state index in [4.69, 9.17) is 11.6 Å². The van der Waals surface area contributed by atoms with Crippen LogP contribution in [0.3, 0.4) is 0 Å². The Balaban J connectivity index is 1.98. The molecule has 2 aromatic rings. The van der Waals surface area contributed by atoms with Crippen LogP contribution in [-0.2, 0) is 0 Å². The van der Waals surface area contributed by atoms with Gasteiger partial charge in [0, 0.05) is 5.56 Å². The fourth-order valence-electron chi connectivity index (χ4n) is 1.94. The summed E-state index contributed by atoms with van der Waals surface area (Å²) in [6.45, 7) is 0. The van der Waals surface area contributed by atoms with Crippen LogP contribution in [0.1, 0.15) is 17.3 Å². The average Bonchev–Trinajstić information content (AvgIpc) is 2.48. The van der Waals surface area contributed by atoms with Gasteiger partial charge in [0.2, 0.25) is 0 Å². The molecular formula is C15H12ClN3. The molecule has 1 unspecified atom stereocenters. The highest BCUT2D eigenvalue weighted by atomic mass is 35.5. The highest BCUT2D eigenvalue weighted by Crippen LogP contribution is 2.20. The summed E-state index contributed by atoms with van der Waals surface area (Å²) in [7, 11) is 0. The van der Waals surface area contributed by atoms with Gasteiger partial charge in [-0.05, 0) is 17.2 Å². The first kappa shape index (κ1) is 11.9.